The first kappa shape index (κ1) is 18.0. The number of rotatable bonds is 3. The molecule has 0 aromatic rings. The van der Waals surface area contributed by atoms with Crippen molar-refractivity contribution < 1.29 is 19.4 Å². The van der Waals surface area contributed by atoms with Crippen molar-refractivity contribution in [2.24, 2.45) is 5.41 Å². The predicted octanol–water partition coefficient (Wildman–Crippen LogP) is 2.05. The molecule has 1 heterocycles. The van der Waals surface area contributed by atoms with Crippen molar-refractivity contribution in [3.8, 4) is 0 Å². The van der Waals surface area contributed by atoms with Gasteiger partial charge in [-0.15, -0.1) is 0 Å². The number of likely N-dealkylation sites (tertiary alicyclic amines) is 1. The van der Waals surface area contributed by atoms with E-state index in [0.717, 1.165) is 6.42 Å². The van der Waals surface area contributed by atoms with Gasteiger partial charge in [0.15, 0.2) is 0 Å². The fourth-order valence-electron chi connectivity index (χ4n) is 3.67. The molecule has 23 heavy (non-hydrogen) atoms. The third-order valence-electron chi connectivity index (χ3n) is 4.99. The molecule has 1 saturated heterocycles. The monoisotopic (exact) mass is 326 g/mol. The summed E-state index contributed by atoms with van der Waals surface area (Å²) in [6.45, 7) is 8.62. The number of β-amino-alcohol motifs (C(OH)–C–C–N with tert-alkyl or cyclic N) is 1. The summed E-state index contributed by atoms with van der Waals surface area (Å²) in [5.74, 6) is -0.0835. The minimum absolute atomic E-state index is 0.0835. The van der Waals surface area contributed by atoms with Gasteiger partial charge in [-0.3, -0.25) is 4.79 Å². The molecule has 1 aliphatic heterocycles. The maximum Gasteiger partial charge on any atom is 0.410 e. The number of nitrogens with one attached hydrogen (secondary N) is 1. The van der Waals surface area contributed by atoms with Gasteiger partial charge in [-0.2, -0.15) is 0 Å². The molecule has 1 saturated carbocycles. The van der Waals surface area contributed by atoms with Crippen molar-refractivity contribution in [3.63, 3.8) is 0 Å². The molecule has 1 atom stereocenters. The molecule has 2 N–H and O–H groups in total. The predicted molar refractivity (Wildman–Crippen MR) is 87.0 cm³/mol. The lowest BCUT2D eigenvalue weighted by atomic mass is 9.56. The lowest BCUT2D eigenvalue weighted by Crippen LogP contribution is -2.66. The number of carbonyl (C=O) groups excluding carboxylic acids is 2. The van der Waals surface area contributed by atoms with Gasteiger partial charge in [-0.25, -0.2) is 4.79 Å². The van der Waals surface area contributed by atoms with Crippen LogP contribution in [-0.4, -0.2) is 52.8 Å². The smallest absolute Gasteiger partial charge is 0.410 e. The molecule has 1 aliphatic carbocycles. The van der Waals surface area contributed by atoms with Crippen molar-refractivity contribution in [3.05, 3.63) is 0 Å². The lowest BCUT2D eigenvalue weighted by molar-refractivity contribution is -0.178. The van der Waals surface area contributed by atoms with Gasteiger partial charge >= 0.3 is 6.09 Å². The molecule has 0 aromatic carbocycles. The normalized spacial score (nSPS) is 27.1. The number of hydrogen-bond donors (Lipinski definition) is 2. The van der Waals surface area contributed by atoms with Crippen LogP contribution in [0.3, 0.4) is 0 Å². The quantitative estimate of drug-likeness (QED) is 0.832. The molecule has 0 bridgehead atoms. The second-order valence-electron chi connectivity index (χ2n) is 7.83. The Labute approximate surface area is 138 Å². The standard InChI is InChI=1S/C17H30N2O4/c1-5-18-13(20)16(8-6-9-16)17(22)10-7-11-19(12-17)14(21)23-15(2,3)4/h22H,5-12H2,1-4H3,(H,18,20). The lowest BCUT2D eigenvalue weighted by Gasteiger charge is -2.54. The third-order valence-corrected chi connectivity index (χ3v) is 4.99. The molecule has 2 amide bonds. The number of hydrogen-bond acceptors (Lipinski definition) is 4. The third kappa shape index (κ3) is 3.47. The van der Waals surface area contributed by atoms with Crippen molar-refractivity contribution in [2.45, 2.75) is 71.0 Å². The largest absolute Gasteiger partial charge is 0.444 e. The average Bonchev–Trinajstić information content (AvgIpc) is 2.35. The summed E-state index contributed by atoms with van der Waals surface area (Å²) in [4.78, 5) is 26.4. The minimum atomic E-state index is -1.17. The Kier molecular flexibility index (Phi) is 4.95. The zero-order chi connectivity index (χ0) is 17.3. The summed E-state index contributed by atoms with van der Waals surface area (Å²) in [7, 11) is 0. The van der Waals surface area contributed by atoms with Crippen LogP contribution in [0.25, 0.3) is 0 Å². The first-order valence-corrected chi connectivity index (χ1v) is 8.62. The number of aliphatic hydroxyl groups is 1. The van der Waals surface area contributed by atoms with Gasteiger partial charge in [0.05, 0.1) is 17.6 Å². The van der Waals surface area contributed by atoms with Gasteiger partial charge in [-0.05, 0) is 53.4 Å². The first-order valence-electron chi connectivity index (χ1n) is 8.62. The molecule has 0 radical (unpaired) electrons. The molecule has 2 aliphatic rings. The number of amides is 2. The van der Waals surface area contributed by atoms with E-state index in [1.807, 2.05) is 27.7 Å². The Morgan fingerprint density at radius 1 is 1.22 bits per heavy atom. The van der Waals surface area contributed by atoms with Crippen LogP contribution in [0.2, 0.25) is 0 Å². The van der Waals surface area contributed by atoms with E-state index in [2.05, 4.69) is 5.32 Å². The molecule has 0 aromatic heterocycles. The zero-order valence-corrected chi connectivity index (χ0v) is 14.8. The molecule has 2 fully saturated rings. The van der Waals surface area contributed by atoms with Crippen LogP contribution in [0.1, 0.15) is 59.8 Å². The first-order chi connectivity index (χ1) is 10.6. The summed E-state index contributed by atoms with van der Waals surface area (Å²) < 4.78 is 5.42. The maximum atomic E-state index is 12.6. The van der Waals surface area contributed by atoms with Gasteiger partial charge in [-0.1, -0.05) is 6.42 Å². The van der Waals surface area contributed by atoms with E-state index < -0.39 is 22.7 Å². The van der Waals surface area contributed by atoms with Crippen LogP contribution in [-0.2, 0) is 9.53 Å². The summed E-state index contributed by atoms with van der Waals surface area (Å²) in [5.41, 5.74) is -2.50. The number of ether oxygens (including phenoxy) is 1. The molecule has 0 spiro atoms. The van der Waals surface area contributed by atoms with Crippen LogP contribution in [0.5, 0.6) is 0 Å². The fraction of sp³-hybridized carbons (Fsp3) is 0.882. The number of nitrogens with zero attached hydrogens (tertiary/aromatic N) is 1. The highest BCUT2D eigenvalue weighted by Gasteiger charge is 2.60. The van der Waals surface area contributed by atoms with Gasteiger partial charge in [0.1, 0.15) is 5.60 Å². The highest BCUT2D eigenvalue weighted by atomic mass is 16.6. The average molecular weight is 326 g/mol. The zero-order valence-electron chi connectivity index (χ0n) is 14.8. The van der Waals surface area contributed by atoms with Gasteiger partial charge in [0.2, 0.25) is 5.91 Å². The van der Waals surface area contributed by atoms with E-state index in [9.17, 15) is 14.7 Å². The van der Waals surface area contributed by atoms with E-state index >= 15 is 0 Å². The van der Waals surface area contributed by atoms with Gasteiger partial charge < -0.3 is 20.1 Å². The van der Waals surface area contributed by atoms with E-state index in [0.29, 0.717) is 38.8 Å². The Morgan fingerprint density at radius 3 is 2.35 bits per heavy atom. The highest BCUT2D eigenvalue weighted by molar-refractivity contribution is 5.85. The summed E-state index contributed by atoms with van der Waals surface area (Å²) in [6, 6.07) is 0. The van der Waals surface area contributed by atoms with E-state index in [1.165, 1.54) is 0 Å². The molecule has 6 nitrogen and oxygen atoms in total. The molecular weight excluding hydrogens is 296 g/mol. The van der Waals surface area contributed by atoms with Crippen LogP contribution in [0, 0.1) is 5.41 Å². The Hall–Kier alpha value is -1.30. The molecule has 6 heteroatoms. The van der Waals surface area contributed by atoms with Crippen LogP contribution >= 0.6 is 0 Å². The summed E-state index contributed by atoms with van der Waals surface area (Å²) in [6.07, 6.45) is 3.10. The second kappa shape index (κ2) is 6.30. The topological polar surface area (TPSA) is 78.9 Å². The van der Waals surface area contributed by atoms with Crippen molar-refractivity contribution in [2.75, 3.05) is 19.6 Å². The van der Waals surface area contributed by atoms with Crippen LogP contribution < -0.4 is 5.32 Å². The summed E-state index contributed by atoms with van der Waals surface area (Å²) in [5, 5.41) is 14.1. The maximum absolute atomic E-state index is 12.6. The van der Waals surface area contributed by atoms with E-state index in [1.54, 1.807) is 4.90 Å². The highest BCUT2D eigenvalue weighted by Crippen LogP contribution is 2.52. The van der Waals surface area contributed by atoms with E-state index in [4.69, 9.17) is 4.74 Å². The second-order valence-corrected chi connectivity index (χ2v) is 7.83. The Morgan fingerprint density at radius 2 is 1.87 bits per heavy atom. The SMILES string of the molecule is CCNC(=O)C1(C2(O)CCCN(C(=O)OC(C)(C)C)C2)CCC1. The summed E-state index contributed by atoms with van der Waals surface area (Å²) >= 11 is 0. The van der Waals surface area contributed by atoms with E-state index in [-0.39, 0.29) is 12.5 Å². The molecule has 2 rings (SSSR count). The van der Waals surface area contributed by atoms with Gasteiger partial charge in [0, 0.05) is 13.1 Å². The number of carbonyl (C=O) groups is 2. The Bertz CT molecular complexity index is 468. The Balaban J connectivity index is 2.14. The van der Waals surface area contributed by atoms with Gasteiger partial charge in [0.25, 0.3) is 0 Å². The van der Waals surface area contributed by atoms with Crippen molar-refractivity contribution >= 4 is 12.0 Å². The van der Waals surface area contributed by atoms with Crippen LogP contribution in [0.4, 0.5) is 4.79 Å². The molecule has 1 unspecified atom stereocenters. The molecule has 132 valence electrons. The van der Waals surface area contributed by atoms with Crippen LogP contribution in [0.15, 0.2) is 0 Å². The fourth-order valence-corrected chi connectivity index (χ4v) is 3.67. The minimum Gasteiger partial charge on any atom is -0.444 e. The number of piperidine rings is 1. The van der Waals surface area contributed by atoms with Crippen molar-refractivity contribution in [1.29, 1.82) is 0 Å². The van der Waals surface area contributed by atoms with Crippen molar-refractivity contribution in [1.82, 2.24) is 10.2 Å². The molecular formula is C17H30N2O4.